The summed E-state index contributed by atoms with van der Waals surface area (Å²) in [4.78, 5) is 2.36. The van der Waals surface area contributed by atoms with Crippen LogP contribution in [0.15, 0.2) is 0 Å². The molecule has 0 aromatic carbocycles. The Kier molecular flexibility index (Phi) is 4.76. The van der Waals surface area contributed by atoms with E-state index in [0.29, 0.717) is 19.1 Å². The van der Waals surface area contributed by atoms with Crippen LogP contribution in [0.25, 0.3) is 0 Å². The predicted molar refractivity (Wildman–Crippen MR) is 78.8 cm³/mol. The molecule has 1 atom stereocenters. The van der Waals surface area contributed by atoms with Crippen molar-refractivity contribution < 1.29 is 13.2 Å². The first-order chi connectivity index (χ1) is 9.31. The van der Waals surface area contributed by atoms with Gasteiger partial charge in [-0.1, -0.05) is 0 Å². The second-order valence-electron chi connectivity index (χ2n) is 6.42. The third-order valence-corrected chi connectivity index (χ3v) is 6.75. The Bertz CT molecular complexity index is 430. The van der Waals surface area contributed by atoms with Crippen molar-refractivity contribution in [2.75, 3.05) is 54.5 Å². The van der Waals surface area contributed by atoms with Gasteiger partial charge in [-0.25, -0.2) is 0 Å². The molecule has 0 amide bonds. The van der Waals surface area contributed by atoms with Gasteiger partial charge in [0.05, 0.1) is 6.61 Å². The highest BCUT2D eigenvalue weighted by atomic mass is 32.2. The highest BCUT2D eigenvalue weighted by molar-refractivity contribution is 7.86. The third kappa shape index (κ3) is 3.01. The van der Waals surface area contributed by atoms with E-state index < -0.39 is 10.2 Å². The summed E-state index contributed by atoms with van der Waals surface area (Å²) in [5.41, 5.74) is 0.274. The number of hydrogen-bond acceptors (Lipinski definition) is 4. The van der Waals surface area contributed by atoms with E-state index in [1.165, 1.54) is 4.31 Å². The van der Waals surface area contributed by atoms with Crippen LogP contribution < -0.4 is 0 Å². The molecule has 0 aromatic rings. The van der Waals surface area contributed by atoms with Gasteiger partial charge in [-0.3, -0.25) is 0 Å². The Hall–Kier alpha value is -0.210. The largest absolute Gasteiger partial charge is 0.383 e. The zero-order valence-electron chi connectivity index (χ0n) is 13.0. The zero-order chi connectivity index (χ0) is 15.0. The van der Waals surface area contributed by atoms with Gasteiger partial charge >= 0.3 is 0 Å². The molecular formula is C13H27N3O3S. The van der Waals surface area contributed by atoms with E-state index in [4.69, 9.17) is 4.74 Å². The van der Waals surface area contributed by atoms with Gasteiger partial charge in [-0.05, 0) is 31.7 Å². The Morgan fingerprint density at radius 1 is 1.30 bits per heavy atom. The van der Waals surface area contributed by atoms with Gasteiger partial charge in [0.1, 0.15) is 0 Å². The molecule has 0 aromatic heterocycles. The lowest BCUT2D eigenvalue weighted by Gasteiger charge is -2.39. The van der Waals surface area contributed by atoms with Gasteiger partial charge in [0, 0.05) is 46.9 Å². The number of likely N-dealkylation sites (tertiary alicyclic amines) is 1. The maximum absolute atomic E-state index is 12.1. The van der Waals surface area contributed by atoms with Crippen molar-refractivity contribution in [1.82, 2.24) is 13.5 Å². The third-order valence-electron chi connectivity index (χ3n) is 4.81. The Morgan fingerprint density at radius 3 is 2.40 bits per heavy atom. The van der Waals surface area contributed by atoms with Crippen molar-refractivity contribution >= 4 is 10.2 Å². The molecule has 0 bridgehead atoms. The molecule has 2 aliphatic heterocycles. The Morgan fingerprint density at radius 2 is 1.90 bits per heavy atom. The smallest absolute Gasteiger partial charge is 0.281 e. The van der Waals surface area contributed by atoms with Crippen molar-refractivity contribution in [3.63, 3.8) is 0 Å². The summed E-state index contributed by atoms with van der Waals surface area (Å²) in [5, 5.41) is 0. The van der Waals surface area contributed by atoms with E-state index in [1.807, 2.05) is 0 Å². The first-order valence-corrected chi connectivity index (χ1v) is 8.57. The average molecular weight is 305 g/mol. The molecule has 20 heavy (non-hydrogen) atoms. The maximum Gasteiger partial charge on any atom is 0.281 e. The fourth-order valence-electron chi connectivity index (χ4n) is 3.54. The number of piperidine rings is 1. The summed E-state index contributed by atoms with van der Waals surface area (Å²) in [7, 11) is 3.82. The number of ether oxygens (including phenoxy) is 1. The molecule has 0 radical (unpaired) electrons. The van der Waals surface area contributed by atoms with Gasteiger partial charge in [0.2, 0.25) is 0 Å². The van der Waals surface area contributed by atoms with Crippen LogP contribution >= 0.6 is 0 Å². The lowest BCUT2D eigenvalue weighted by Crippen LogP contribution is -2.47. The van der Waals surface area contributed by atoms with Crippen LogP contribution in [0, 0.1) is 5.41 Å². The first kappa shape index (κ1) is 16.2. The second-order valence-corrected chi connectivity index (χ2v) is 8.56. The van der Waals surface area contributed by atoms with E-state index in [1.54, 1.807) is 25.5 Å². The van der Waals surface area contributed by atoms with E-state index in [9.17, 15) is 8.42 Å². The molecule has 7 heteroatoms. The molecule has 0 aliphatic carbocycles. The first-order valence-electron chi connectivity index (χ1n) is 7.17. The van der Waals surface area contributed by atoms with Crippen molar-refractivity contribution in [1.29, 1.82) is 0 Å². The number of likely N-dealkylation sites (N-methyl/N-ethyl adjacent to an activating group) is 1. The fourth-order valence-corrected chi connectivity index (χ4v) is 4.65. The number of hydrogen-bond donors (Lipinski definition) is 0. The zero-order valence-corrected chi connectivity index (χ0v) is 13.8. The van der Waals surface area contributed by atoms with E-state index in [2.05, 4.69) is 11.9 Å². The van der Waals surface area contributed by atoms with E-state index in [0.717, 1.165) is 32.4 Å². The molecule has 2 fully saturated rings. The molecule has 6 nitrogen and oxygen atoms in total. The second kappa shape index (κ2) is 5.88. The Labute approximate surface area is 122 Å². The van der Waals surface area contributed by atoms with Crippen LogP contribution in [0.4, 0.5) is 0 Å². The fraction of sp³-hybridized carbons (Fsp3) is 1.00. The molecule has 2 aliphatic rings. The van der Waals surface area contributed by atoms with Crippen molar-refractivity contribution in [3.05, 3.63) is 0 Å². The average Bonchev–Trinajstić information content (AvgIpc) is 2.66. The molecule has 0 N–H and O–H groups in total. The predicted octanol–water partition coefficient (Wildman–Crippen LogP) is 0.226. The topological polar surface area (TPSA) is 53.1 Å². The van der Waals surface area contributed by atoms with Gasteiger partial charge in [-0.2, -0.15) is 17.0 Å². The van der Waals surface area contributed by atoms with Crippen LogP contribution in [-0.2, 0) is 14.9 Å². The van der Waals surface area contributed by atoms with Gasteiger partial charge in [0.25, 0.3) is 10.2 Å². The number of methoxy groups -OCH3 is 1. The quantitative estimate of drug-likeness (QED) is 0.746. The van der Waals surface area contributed by atoms with Crippen LogP contribution in [0.3, 0.4) is 0 Å². The maximum atomic E-state index is 12.1. The molecule has 2 heterocycles. The lowest BCUT2D eigenvalue weighted by molar-refractivity contribution is 0.129. The van der Waals surface area contributed by atoms with E-state index in [-0.39, 0.29) is 5.41 Å². The number of rotatable bonds is 4. The van der Waals surface area contributed by atoms with Crippen molar-refractivity contribution in [2.24, 2.45) is 5.41 Å². The Balaban J connectivity index is 1.98. The van der Waals surface area contributed by atoms with Gasteiger partial charge in [-0.15, -0.1) is 0 Å². The molecular weight excluding hydrogens is 278 g/mol. The summed E-state index contributed by atoms with van der Waals surface area (Å²) in [5.74, 6) is 0. The standard InChI is InChI=1S/C13H27N3O3S/c1-14(2)20(17,18)16-7-5-13(6-8-16)9-12(10-19-4)15(3)11-13/h12H,5-11H2,1-4H3. The minimum absolute atomic E-state index is 0.274. The minimum atomic E-state index is -3.26. The highest BCUT2D eigenvalue weighted by Gasteiger charge is 2.45. The van der Waals surface area contributed by atoms with Gasteiger partial charge in [0.15, 0.2) is 0 Å². The van der Waals surface area contributed by atoms with Crippen LogP contribution in [0.5, 0.6) is 0 Å². The number of nitrogens with zero attached hydrogens (tertiary/aromatic N) is 3. The molecule has 2 saturated heterocycles. The van der Waals surface area contributed by atoms with Crippen molar-refractivity contribution in [2.45, 2.75) is 25.3 Å². The summed E-state index contributed by atoms with van der Waals surface area (Å²) in [6.07, 6.45) is 3.02. The van der Waals surface area contributed by atoms with Crippen LogP contribution in [0.1, 0.15) is 19.3 Å². The SMILES string of the molecule is COCC1CC2(CCN(S(=O)(=O)N(C)C)CC2)CN1C. The molecule has 118 valence electrons. The summed E-state index contributed by atoms with van der Waals surface area (Å²) >= 11 is 0. The van der Waals surface area contributed by atoms with Crippen molar-refractivity contribution in [3.8, 4) is 0 Å². The highest BCUT2D eigenvalue weighted by Crippen LogP contribution is 2.43. The normalized spacial score (nSPS) is 28.6. The lowest BCUT2D eigenvalue weighted by atomic mass is 9.77. The molecule has 2 rings (SSSR count). The summed E-state index contributed by atoms with van der Waals surface area (Å²) in [6.45, 7) is 3.08. The van der Waals surface area contributed by atoms with Gasteiger partial charge < -0.3 is 9.64 Å². The van der Waals surface area contributed by atoms with Crippen LogP contribution in [-0.4, -0.2) is 82.5 Å². The summed E-state index contributed by atoms with van der Waals surface area (Å²) in [6, 6.07) is 0.469. The molecule has 0 saturated carbocycles. The molecule has 1 spiro atoms. The summed E-state index contributed by atoms with van der Waals surface area (Å²) < 4.78 is 32.5. The minimum Gasteiger partial charge on any atom is -0.383 e. The monoisotopic (exact) mass is 305 g/mol. The molecule has 1 unspecified atom stereocenters. The van der Waals surface area contributed by atoms with Crippen LogP contribution in [0.2, 0.25) is 0 Å². The van der Waals surface area contributed by atoms with E-state index >= 15 is 0 Å².